The van der Waals surface area contributed by atoms with Crippen molar-refractivity contribution in [2.45, 2.75) is 0 Å². The molecule has 0 saturated heterocycles. The van der Waals surface area contributed by atoms with E-state index in [9.17, 15) is 4.79 Å². The van der Waals surface area contributed by atoms with Crippen molar-refractivity contribution in [1.29, 1.82) is 0 Å². The average molecular weight is 187 g/mol. The number of hydrogen-bond donors (Lipinski definition) is 4. The number of H-pyrrole nitrogens is 2. The Labute approximate surface area is 71.2 Å². The zero-order chi connectivity index (χ0) is 9.14. The second kappa shape index (κ2) is 3.18. The molecule has 4 N–H and O–H groups in total. The molecular weight excluding hydrogens is 182 g/mol. The lowest BCUT2D eigenvalue weighted by molar-refractivity contribution is 0.321. The topological polar surface area (TPSA) is 101 Å². The summed E-state index contributed by atoms with van der Waals surface area (Å²) in [6.07, 6.45) is 0.805. The predicted octanol–water partition coefficient (Wildman–Crippen LogP) is -0.0538. The van der Waals surface area contributed by atoms with Gasteiger partial charge in [-0.05, 0) is 12.2 Å². The summed E-state index contributed by atoms with van der Waals surface area (Å²) in [7, 11) is 0. The molecule has 0 atom stereocenters. The molecule has 0 unspecified atom stereocenters. The highest BCUT2D eigenvalue weighted by atomic mass is 32.1. The largest absolute Gasteiger partial charge is 0.494 e. The SMILES string of the molecule is O=c1[nH]c(=S)[nH]c(O)c1C=NO. The van der Waals surface area contributed by atoms with Crippen LogP contribution in [-0.4, -0.2) is 26.5 Å². The van der Waals surface area contributed by atoms with Crippen LogP contribution in [0.4, 0.5) is 0 Å². The molecule has 12 heavy (non-hydrogen) atoms. The fraction of sp³-hybridized carbons (Fsp3) is 0. The summed E-state index contributed by atoms with van der Waals surface area (Å²) in [5.41, 5.74) is -0.792. The molecule has 0 amide bonds. The number of aromatic hydroxyl groups is 1. The molecule has 0 aliphatic rings. The smallest absolute Gasteiger partial charge is 0.264 e. The zero-order valence-electron chi connectivity index (χ0n) is 5.74. The number of oxime groups is 1. The number of aromatic nitrogens is 2. The molecule has 1 heterocycles. The minimum atomic E-state index is -0.617. The Bertz CT molecular complexity index is 419. The van der Waals surface area contributed by atoms with Gasteiger partial charge in [0.05, 0.1) is 6.21 Å². The van der Waals surface area contributed by atoms with Crippen molar-refractivity contribution in [2.24, 2.45) is 5.16 Å². The van der Waals surface area contributed by atoms with Gasteiger partial charge in [0.25, 0.3) is 5.56 Å². The van der Waals surface area contributed by atoms with E-state index < -0.39 is 11.4 Å². The first-order chi connectivity index (χ1) is 5.65. The molecule has 0 spiro atoms. The molecule has 0 bridgehead atoms. The third-order valence-electron chi connectivity index (χ3n) is 1.15. The summed E-state index contributed by atoms with van der Waals surface area (Å²) in [6.45, 7) is 0. The Kier molecular flexibility index (Phi) is 2.24. The summed E-state index contributed by atoms with van der Waals surface area (Å²) in [4.78, 5) is 15.4. The van der Waals surface area contributed by atoms with Crippen LogP contribution in [0.5, 0.6) is 5.88 Å². The van der Waals surface area contributed by atoms with E-state index in [1.165, 1.54) is 0 Å². The summed E-state index contributed by atoms with van der Waals surface area (Å²) in [5, 5.41) is 19.8. The van der Waals surface area contributed by atoms with Crippen molar-refractivity contribution in [1.82, 2.24) is 9.97 Å². The molecular formula is C5H5N3O3S. The molecule has 1 rings (SSSR count). The lowest BCUT2D eigenvalue weighted by atomic mass is 10.3. The molecule has 1 aromatic rings. The zero-order valence-corrected chi connectivity index (χ0v) is 6.55. The molecule has 7 heteroatoms. The third kappa shape index (κ3) is 1.51. The van der Waals surface area contributed by atoms with Gasteiger partial charge in [-0.2, -0.15) is 0 Å². The highest BCUT2D eigenvalue weighted by molar-refractivity contribution is 7.71. The number of hydrogen-bond acceptors (Lipinski definition) is 5. The van der Waals surface area contributed by atoms with Crippen LogP contribution in [-0.2, 0) is 0 Å². The minimum Gasteiger partial charge on any atom is -0.494 e. The fourth-order valence-corrected chi connectivity index (χ4v) is 0.851. The highest BCUT2D eigenvalue weighted by Crippen LogP contribution is 2.02. The molecule has 0 aromatic carbocycles. The number of rotatable bonds is 1. The van der Waals surface area contributed by atoms with Crippen LogP contribution >= 0.6 is 12.2 Å². The Morgan fingerprint density at radius 2 is 2.17 bits per heavy atom. The molecule has 0 fully saturated rings. The Balaban J connectivity index is 3.49. The van der Waals surface area contributed by atoms with Crippen molar-refractivity contribution in [3.05, 3.63) is 20.7 Å². The van der Waals surface area contributed by atoms with Gasteiger partial charge in [-0.3, -0.25) is 9.78 Å². The lowest BCUT2D eigenvalue weighted by Crippen LogP contribution is -2.13. The van der Waals surface area contributed by atoms with Crippen molar-refractivity contribution >= 4 is 18.4 Å². The number of aromatic amines is 2. The van der Waals surface area contributed by atoms with Crippen LogP contribution in [0.2, 0.25) is 0 Å². The van der Waals surface area contributed by atoms with E-state index in [2.05, 4.69) is 27.3 Å². The molecule has 0 aliphatic carbocycles. The van der Waals surface area contributed by atoms with E-state index >= 15 is 0 Å². The summed E-state index contributed by atoms with van der Waals surface area (Å²) >= 11 is 4.55. The predicted molar refractivity (Wildman–Crippen MR) is 43.3 cm³/mol. The van der Waals surface area contributed by atoms with Gasteiger partial charge in [0.15, 0.2) is 4.77 Å². The van der Waals surface area contributed by atoms with E-state index in [0.717, 1.165) is 6.21 Å². The number of nitrogens with zero attached hydrogens (tertiary/aromatic N) is 1. The average Bonchev–Trinajstić information content (AvgIpc) is 1.96. The maximum Gasteiger partial charge on any atom is 0.264 e. The van der Waals surface area contributed by atoms with Crippen LogP contribution in [0.1, 0.15) is 5.56 Å². The quantitative estimate of drug-likeness (QED) is 0.214. The van der Waals surface area contributed by atoms with Gasteiger partial charge in [-0.15, -0.1) is 0 Å². The normalized spacial score (nSPS) is 10.7. The first-order valence-corrected chi connectivity index (χ1v) is 3.29. The summed E-state index contributed by atoms with van der Waals surface area (Å²) in [6, 6.07) is 0. The van der Waals surface area contributed by atoms with Gasteiger partial charge < -0.3 is 15.3 Å². The fourth-order valence-electron chi connectivity index (χ4n) is 0.662. The lowest BCUT2D eigenvalue weighted by Gasteiger charge is -1.94. The van der Waals surface area contributed by atoms with Crippen LogP contribution in [0.3, 0.4) is 0 Å². The van der Waals surface area contributed by atoms with Crippen LogP contribution < -0.4 is 5.56 Å². The maximum absolute atomic E-state index is 10.9. The van der Waals surface area contributed by atoms with Crippen LogP contribution in [0.25, 0.3) is 0 Å². The molecule has 64 valence electrons. The van der Waals surface area contributed by atoms with Crippen LogP contribution in [0, 0.1) is 4.77 Å². The first kappa shape index (κ1) is 8.47. The van der Waals surface area contributed by atoms with Gasteiger partial charge in [0, 0.05) is 0 Å². The van der Waals surface area contributed by atoms with E-state index in [1.54, 1.807) is 0 Å². The summed E-state index contributed by atoms with van der Waals surface area (Å²) in [5.74, 6) is -0.429. The van der Waals surface area contributed by atoms with Crippen molar-refractivity contribution in [3.63, 3.8) is 0 Å². The molecule has 0 aliphatic heterocycles. The number of nitrogens with one attached hydrogen (secondary N) is 2. The highest BCUT2D eigenvalue weighted by Gasteiger charge is 2.03. The van der Waals surface area contributed by atoms with E-state index in [1.807, 2.05) is 0 Å². The standard InChI is InChI=1S/C5H5N3O3S/c9-3-2(1-6-11)4(10)8-5(12)7-3/h1,11H,(H3,7,8,9,10,12). The van der Waals surface area contributed by atoms with Gasteiger partial charge in [0.1, 0.15) is 5.56 Å². The Morgan fingerprint density at radius 1 is 1.50 bits per heavy atom. The van der Waals surface area contributed by atoms with E-state index in [-0.39, 0.29) is 10.3 Å². The van der Waals surface area contributed by atoms with Crippen LogP contribution in [0.15, 0.2) is 9.95 Å². The van der Waals surface area contributed by atoms with Gasteiger partial charge >= 0.3 is 0 Å². The van der Waals surface area contributed by atoms with E-state index in [4.69, 9.17) is 10.3 Å². The second-order valence-corrected chi connectivity index (χ2v) is 2.32. The van der Waals surface area contributed by atoms with Gasteiger partial charge in [0.2, 0.25) is 5.88 Å². The van der Waals surface area contributed by atoms with Gasteiger partial charge in [-0.25, -0.2) is 0 Å². The molecule has 1 aromatic heterocycles. The molecule has 0 radical (unpaired) electrons. The minimum absolute atomic E-state index is 0.00703. The Hall–Kier alpha value is -1.63. The third-order valence-corrected chi connectivity index (χ3v) is 1.35. The first-order valence-electron chi connectivity index (χ1n) is 2.88. The van der Waals surface area contributed by atoms with Crippen molar-refractivity contribution < 1.29 is 10.3 Å². The van der Waals surface area contributed by atoms with E-state index in [0.29, 0.717) is 0 Å². The maximum atomic E-state index is 10.9. The molecule has 0 saturated carbocycles. The molecule has 6 nitrogen and oxygen atoms in total. The summed E-state index contributed by atoms with van der Waals surface area (Å²) < 4.78 is 0.00703. The second-order valence-electron chi connectivity index (χ2n) is 1.92. The Morgan fingerprint density at radius 3 is 2.67 bits per heavy atom. The van der Waals surface area contributed by atoms with Gasteiger partial charge in [-0.1, -0.05) is 5.16 Å². The van der Waals surface area contributed by atoms with Crippen molar-refractivity contribution in [2.75, 3.05) is 0 Å². The monoisotopic (exact) mass is 187 g/mol. The van der Waals surface area contributed by atoms with Crippen molar-refractivity contribution in [3.8, 4) is 5.88 Å².